The van der Waals surface area contributed by atoms with Gasteiger partial charge in [0.25, 0.3) is 6.43 Å². The number of hydrogen-bond donors (Lipinski definition) is 1. The molecule has 166 valence electrons. The van der Waals surface area contributed by atoms with Crippen LogP contribution >= 0.6 is 0 Å². The molecule has 3 nitrogen and oxygen atoms in total. The van der Waals surface area contributed by atoms with Crippen molar-refractivity contribution in [1.29, 1.82) is 0 Å². The number of hydrogen-bond acceptors (Lipinski definition) is 2. The lowest BCUT2D eigenvalue weighted by atomic mass is 9.82. The maximum absolute atomic E-state index is 13.0. The van der Waals surface area contributed by atoms with Crippen LogP contribution in [0.5, 0.6) is 5.75 Å². The maximum Gasteiger partial charge on any atom is 0.328 e. The number of ether oxygens (including phenoxy) is 1. The van der Waals surface area contributed by atoms with Crippen LogP contribution in [0.25, 0.3) is 17.2 Å². The number of aryl methyl sites for hydroxylation is 1. The van der Waals surface area contributed by atoms with Gasteiger partial charge in [0.15, 0.2) is 0 Å². The van der Waals surface area contributed by atoms with Crippen molar-refractivity contribution < 1.29 is 23.4 Å². The lowest BCUT2D eigenvalue weighted by Crippen LogP contribution is -2.17. The zero-order valence-electron chi connectivity index (χ0n) is 18.7. The molecule has 0 heterocycles. The van der Waals surface area contributed by atoms with E-state index in [1.165, 1.54) is 0 Å². The molecule has 0 fully saturated rings. The number of halogens is 2. The number of allylic oxidation sites excluding steroid dienone is 2. The van der Waals surface area contributed by atoms with Gasteiger partial charge in [0.2, 0.25) is 0 Å². The van der Waals surface area contributed by atoms with Crippen LogP contribution in [-0.2, 0) is 16.6 Å². The van der Waals surface area contributed by atoms with Gasteiger partial charge in [0, 0.05) is 17.2 Å². The molecule has 2 aromatic carbocycles. The van der Waals surface area contributed by atoms with E-state index in [0.29, 0.717) is 11.3 Å². The third-order valence-electron chi connectivity index (χ3n) is 4.85. The van der Waals surface area contributed by atoms with E-state index in [4.69, 9.17) is 9.84 Å². The van der Waals surface area contributed by atoms with Gasteiger partial charge in [-0.3, -0.25) is 0 Å². The van der Waals surface area contributed by atoms with Gasteiger partial charge in [0.1, 0.15) is 12.4 Å². The van der Waals surface area contributed by atoms with Gasteiger partial charge >= 0.3 is 5.97 Å². The van der Waals surface area contributed by atoms with Crippen LogP contribution in [0.3, 0.4) is 0 Å². The van der Waals surface area contributed by atoms with E-state index >= 15 is 0 Å². The lowest BCUT2D eigenvalue weighted by molar-refractivity contribution is -0.131. The Labute approximate surface area is 183 Å². The molecule has 2 rings (SSSR count). The topological polar surface area (TPSA) is 46.5 Å². The van der Waals surface area contributed by atoms with Crippen molar-refractivity contribution in [3.05, 3.63) is 70.8 Å². The largest absolute Gasteiger partial charge is 0.487 e. The minimum atomic E-state index is -2.58. The van der Waals surface area contributed by atoms with Crippen molar-refractivity contribution in [2.24, 2.45) is 0 Å². The van der Waals surface area contributed by atoms with E-state index in [9.17, 15) is 13.6 Å². The van der Waals surface area contributed by atoms with E-state index in [1.807, 2.05) is 63.2 Å². The second-order valence-electron chi connectivity index (χ2n) is 8.47. The molecule has 0 aromatic heterocycles. The average molecular weight is 429 g/mol. The molecule has 0 unspecified atom stereocenters. The van der Waals surface area contributed by atoms with Crippen LogP contribution in [0.15, 0.2) is 54.1 Å². The third-order valence-corrected chi connectivity index (χ3v) is 4.85. The van der Waals surface area contributed by atoms with Gasteiger partial charge in [0.05, 0.1) is 0 Å². The number of aliphatic carboxylic acids is 1. The fourth-order valence-electron chi connectivity index (χ4n) is 3.30. The molecule has 5 heteroatoms. The summed E-state index contributed by atoms with van der Waals surface area (Å²) in [6, 6.07) is 11.6. The van der Waals surface area contributed by atoms with Gasteiger partial charge < -0.3 is 9.84 Å². The number of alkyl halides is 2. The van der Waals surface area contributed by atoms with Crippen molar-refractivity contribution in [2.45, 2.75) is 52.9 Å². The molecule has 0 aliphatic heterocycles. The van der Waals surface area contributed by atoms with Crippen molar-refractivity contribution in [3.63, 3.8) is 0 Å². The van der Waals surface area contributed by atoms with Crippen molar-refractivity contribution in [2.75, 3.05) is 6.61 Å². The SMILES string of the molecule is CCc1cc(-c2ccccc2/C=C/C(C)=C/C(=O)O)c(OCC(F)F)c(C(C)(C)C)c1. The first-order chi connectivity index (χ1) is 14.5. The van der Waals surface area contributed by atoms with Crippen LogP contribution < -0.4 is 4.74 Å². The van der Waals surface area contributed by atoms with Crippen LogP contribution in [0.1, 0.15) is 51.3 Å². The molecule has 0 saturated carbocycles. The highest BCUT2D eigenvalue weighted by Gasteiger charge is 2.24. The zero-order valence-corrected chi connectivity index (χ0v) is 18.7. The molecular formula is C26H30F2O3. The zero-order chi connectivity index (χ0) is 23.2. The van der Waals surface area contributed by atoms with Crippen LogP contribution in [-0.4, -0.2) is 24.1 Å². The summed E-state index contributed by atoms with van der Waals surface area (Å²) < 4.78 is 31.7. The summed E-state index contributed by atoms with van der Waals surface area (Å²) in [5, 5.41) is 8.93. The lowest BCUT2D eigenvalue weighted by Gasteiger charge is -2.26. The first kappa shape index (κ1) is 24.3. The van der Waals surface area contributed by atoms with Crippen LogP contribution in [0.4, 0.5) is 8.78 Å². The van der Waals surface area contributed by atoms with E-state index in [-0.39, 0.29) is 5.41 Å². The minimum Gasteiger partial charge on any atom is -0.487 e. The number of rotatable bonds is 8. The Morgan fingerprint density at radius 3 is 2.42 bits per heavy atom. The summed E-state index contributed by atoms with van der Waals surface area (Å²) in [4.78, 5) is 10.9. The molecule has 0 radical (unpaired) electrons. The summed E-state index contributed by atoms with van der Waals surface area (Å²) >= 11 is 0. The van der Waals surface area contributed by atoms with E-state index in [0.717, 1.165) is 40.3 Å². The second kappa shape index (κ2) is 10.4. The molecule has 0 aliphatic rings. The predicted molar refractivity (Wildman–Crippen MR) is 122 cm³/mol. The maximum atomic E-state index is 13.0. The van der Waals surface area contributed by atoms with Gasteiger partial charge in [-0.05, 0) is 47.1 Å². The number of carboxylic acids is 1. The van der Waals surface area contributed by atoms with Gasteiger partial charge in [-0.25, -0.2) is 13.6 Å². The molecule has 0 bridgehead atoms. The number of carboxylic acid groups (broad SMARTS) is 1. The Balaban J connectivity index is 2.72. The highest BCUT2D eigenvalue weighted by molar-refractivity contribution is 5.83. The average Bonchev–Trinajstić information content (AvgIpc) is 2.69. The predicted octanol–water partition coefficient (Wildman–Crippen LogP) is 6.90. The molecule has 0 saturated heterocycles. The van der Waals surface area contributed by atoms with E-state index in [1.54, 1.807) is 13.0 Å². The van der Waals surface area contributed by atoms with E-state index < -0.39 is 19.0 Å². The summed E-state index contributed by atoms with van der Waals surface area (Å²) in [5.41, 5.74) is 4.69. The van der Waals surface area contributed by atoms with Gasteiger partial charge in [-0.1, -0.05) is 70.2 Å². The molecule has 0 aliphatic carbocycles. The minimum absolute atomic E-state index is 0.303. The summed E-state index contributed by atoms with van der Waals surface area (Å²) in [6.07, 6.45) is 2.90. The highest BCUT2D eigenvalue weighted by atomic mass is 19.3. The Bertz CT molecular complexity index is 983. The summed E-state index contributed by atoms with van der Waals surface area (Å²) in [6.45, 7) is 9.18. The molecule has 31 heavy (non-hydrogen) atoms. The van der Waals surface area contributed by atoms with Gasteiger partial charge in [-0.2, -0.15) is 0 Å². The Morgan fingerprint density at radius 2 is 1.84 bits per heavy atom. The summed E-state index contributed by atoms with van der Waals surface area (Å²) in [5.74, 6) is -0.549. The van der Waals surface area contributed by atoms with Crippen molar-refractivity contribution in [1.82, 2.24) is 0 Å². The Kier molecular flexibility index (Phi) is 8.14. The highest BCUT2D eigenvalue weighted by Crippen LogP contribution is 2.42. The fraction of sp³-hybridized carbons (Fsp3) is 0.346. The first-order valence-electron chi connectivity index (χ1n) is 10.3. The third kappa shape index (κ3) is 6.78. The molecule has 0 amide bonds. The van der Waals surface area contributed by atoms with Gasteiger partial charge in [-0.15, -0.1) is 0 Å². The molecular weight excluding hydrogens is 398 g/mol. The smallest absolute Gasteiger partial charge is 0.328 e. The Morgan fingerprint density at radius 1 is 1.16 bits per heavy atom. The standard InChI is InChI=1S/C26H30F2O3/c1-6-18-14-21(25(31-16-23(27)28)22(15-18)26(3,4)5)20-10-8-7-9-19(20)12-11-17(2)13-24(29)30/h7-15,23H,6,16H2,1-5H3,(H,29,30)/b12-11+,17-13+. The normalized spacial score (nSPS) is 12.6. The first-order valence-corrected chi connectivity index (χ1v) is 10.3. The monoisotopic (exact) mass is 428 g/mol. The van der Waals surface area contributed by atoms with Crippen LogP contribution in [0, 0.1) is 0 Å². The quantitative estimate of drug-likeness (QED) is 0.367. The fourth-order valence-corrected chi connectivity index (χ4v) is 3.30. The van der Waals surface area contributed by atoms with Crippen LogP contribution in [0.2, 0.25) is 0 Å². The number of benzene rings is 2. The Hall–Kier alpha value is -2.95. The van der Waals surface area contributed by atoms with Crippen molar-refractivity contribution >= 4 is 12.0 Å². The molecule has 0 spiro atoms. The molecule has 0 atom stereocenters. The molecule has 1 N–H and O–H groups in total. The van der Waals surface area contributed by atoms with E-state index in [2.05, 4.69) is 6.92 Å². The van der Waals surface area contributed by atoms with Crippen molar-refractivity contribution in [3.8, 4) is 16.9 Å². The number of carbonyl (C=O) groups is 1. The summed E-state index contributed by atoms with van der Waals surface area (Å²) in [7, 11) is 0. The molecule has 2 aromatic rings. The second-order valence-corrected chi connectivity index (χ2v) is 8.47.